The summed E-state index contributed by atoms with van der Waals surface area (Å²) in [5, 5.41) is 13.3. The van der Waals surface area contributed by atoms with Crippen molar-refractivity contribution < 1.29 is 18.5 Å². The van der Waals surface area contributed by atoms with Crippen molar-refractivity contribution >= 4 is 11.6 Å². The Labute approximate surface area is 108 Å². The van der Waals surface area contributed by atoms with E-state index in [0.29, 0.717) is 25.0 Å². The summed E-state index contributed by atoms with van der Waals surface area (Å²) >= 11 is 0. The molecule has 1 amide bonds. The Morgan fingerprint density at radius 1 is 1.32 bits per heavy atom. The molecule has 0 radical (unpaired) electrons. The van der Waals surface area contributed by atoms with Gasteiger partial charge in [0, 0.05) is 6.04 Å². The van der Waals surface area contributed by atoms with Crippen LogP contribution in [0.1, 0.15) is 37.0 Å². The van der Waals surface area contributed by atoms with Crippen molar-refractivity contribution in [2.24, 2.45) is 0 Å². The molecule has 0 aromatic heterocycles. The summed E-state index contributed by atoms with van der Waals surface area (Å²) in [7, 11) is 0. The molecule has 0 aliphatic carbocycles. The minimum atomic E-state index is -1.36. The Balaban J connectivity index is 3.14. The number of nitrogens with zero attached hydrogens (tertiary/aromatic N) is 1. The average Bonchev–Trinajstić information content (AvgIpc) is 2.37. The van der Waals surface area contributed by atoms with E-state index in [1.54, 1.807) is 0 Å². The van der Waals surface area contributed by atoms with Gasteiger partial charge >= 0.3 is 0 Å². The van der Waals surface area contributed by atoms with Crippen LogP contribution in [0, 0.1) is 21.7 Å². The Kier molecular flexibility index (Phi) is 4.91. The van der Waals surface area contributed by atoms with Crippen LogP contribution in [0.5, 0.6) is 0 Å². The summed E-state index contributed by atoms with van der Waals surface area (Å²) in [5.41, 5.74) is -1.22. The van der Waals surface area contributed by atoms with E-state index < -0.39 is 33.7 Å². The highest BCUT2D eigenvalue weighted by molar-refractivity contribution is 5.98. The van der Waals surface area contributed by atoms with E-state index in [-0.39, 0.29) is 6.04 Å². The summed E-state index contributed by atoms with van der Waals surface area (Å²) in [6.45, 7) is 3.68. The molecule has 1 aromatic carbocycles. The number of nitro benzene ring substituents is 1. The third-order valence-corrected chi connectivity index (χ3v) is 2.80. The van der Waals surface area contributed by atoms with Crippen molar-refractivity contribution in [2.75, 3.05) is 0 Å². The minimum absolute atomic E-state index is 0.166. The summed E-state index contributed by atoms with van der Waals surface area (Å²) < 4.78 is 26.1. The molecule has 0 saturated carbocycles. The molecule has 19 heavy (non-hydrogen) atoms. The van der Waals surface area contributed by atoms with E-state index in [9.17, 15) is 23.7 Å². The Morgan fingerprint density at radius 3 is 2.32 bits per heavy atom. The maximum absolute atomic E-state index is 13.1. The molecule has 0 heterocycles. The van der Waals surface area contributed by atoms with E-state index >= 15 is 0 Å². The zero-order valence-corrected chi connectivity index (χ0v) is 10.6. The second-order valence-electron chi connectivity index (χ2n) is 4.03. The predicted molar refractivity (Wildman–Crippen MR) is 64.8 cm³/mol. The maximum Gasteiger partial charge on any atom is 0.285 e. The zero-order valence-electron chi connectivity index (χ0n) is 10.6. The molecule has 0 saturated heterocycles. The Bertz CT molecular complexity index is 502. The maximum atomic E-state index is 13.1. The first kappa shape index (κ1) is 15.0. The van der Waals surface area contributed by atoms with Crippen molar-refractivity contribution in [1.29, 1.82) is 0 Å². The lowest BCUT2D eigenvalue weighted by atomic mass is 10.1. The van der Waals surface area contributed by atoms with Crippen LogP contribution in [0.25, 0.3) is 0 Å². The number of amides is 1. The topological polar surface area (TPSA) is 72.2 Å². The third-order valence-electron chi connectivity index (χ3n) is 2.80. The van der Waals surface area contributed by atoms with Crippen LogP contribution in [0.4, 0.5) is 14.5 Å². The van der Waals surface area contributed by atoms with Crippen LogP contribution in [0.2, 0.25) is 0 Å². The fourth-order valence-corrected chi connectivity index (χ4v) is 1.63. The first-order valence-corrected chi connectivity index (χ1v) is 5.84. The molecular formula is C12H14F2N2O3. The second-order valence-corrected chi connectivity index (χ2v) is 4.03. The molecule has 0 bridgehead atoms. The van der Waals surface area contributed by atoms with E-state index in [4.69, 9.17) is 0 Å². The lowest BCUT2D eigenvalue weighted by molar-refractivity contribution is -0.385. The number of hydrogen-bond donors (Lipinski definition) is 1. The largest absolute Gasteiger partial charge is 0.349 e. The van der Waals surface area contributed by atoms with Crippen LogP contribution < -0.4 is 5.32 Å². The van der Waals surface area contributed by atoms with Gasteiger partial charge in [0.15, 0.2) is 11.6 Å². The van der Waals surface area contributed by atoms with Crippen molar-refractivity contribution in [3.63, 3.8) is 0 Å². The third kappa shape index (κ3) is 3.46. The molecule has 0 fully saturated rings. The van der Waals surface area contributed by atoms with Gasteiger partial charge in [-0.1, -0.05) is 13.8 Å². The van der Waals surface area contributed by atoms with Gasteiger partial charge in [0.2, 0.25) is 0 Å². The number of halogens is 2. The minimum Gasteiger partial charge on any atom is -0.349 e. The van der Waals surface area contributed by atoms with Gasteiger partial charge < -0.3 is 5.32 Å². The highest BCUT2D eigenvalue weighted by atomic mass is 19.2. The van der Waals surface area contributed by atoms with E-state index in [0.717, 1.165) is 0 Å². The van der Waals surface area contributed by atoms with Crippen LogP contribution in [0.15, 0.2) is 12.1 Å². The lowest BCUT2D eigenvalue weighted by Crippen LogP contribution is -2.34. The van der Waals surface area contributed by atoms with Crippen LogP contribution in [0.3, 0.4) is 0 Å². The molecule has 1 aromatic rings. The van der Waals surface area contributed by atoms with E-state index in [1.165, 1.54) is 0 Å². The monoisotopic (exact) mass is 272 g/mol. The molecule has 0 spiro atoms. The summed E-state index contributed by atoms with van der Waals surface area (Å²) in [5.74, 6) is -3.43. The average molecular weight is 272 g/mol. The van der Waals surface area contributed by atoms with Gasteiger partial charge in [0.1, 0.15) is 5.56 Å². The van der Waals surface area contributed by atoms with Crippen molar-refractivity contribution in [2.45, 2.75) is 32.7 Å². The number of rotatable bonds is 5. The van der Waals surface area contributed by atoms with Gasteiger partial charge in [-0.15, -0.1) is 0 Å². The summed E-state index contributed by atoms with van der Waals surface area (Å²) in [6, 6.07) is 0.794. The molecule has 0 aliphatic heterocycles. The molecule has 104 valence electrons. The molecule has 1 rings (SSSR count). The van der Waals surface area contributed by atoms with Gasteiger partial charge in [-0.2, -0.15) is 0 Å². The fourth-order valence-electron chi connectivity index (χ4n) is 1.63. The number of benzene rings is 1. The quantitative estimate of drug-likeness (QED) is 0.661. The van der Waals surface area contributed by atoms with E-state index in [1.807, 2.05) is 13.8 Å². The summed E-state index contributed by atoms with van der Waals surface area (Å²) in [4.78, 5) is 21.7. The zero-order chi connectivity index (χ0) is 14.6. The number of carbonyl (C=O) groups excluding carboxylic acids is 1. The molecular weight excluding hydrogens is 258 g/mol. The second kappa shape index (κ2) is 6.21. The smallest absolute Gasteiger partial charge is 0.285 e. The molecule has 0 aliphatic rings. The van der Waals surface area contributed by atoms with Gasteiger partial charge in [0.05, 0.1) is 11.0 Å². The van der Waals surface area contributed by atoms with Gasteiger partial charge in [0.25, 0.3) is 11.6 Å². The Morgan fingerprint density at radius 2 is 1.84 bits per heavy atom. The molecule has 5 nitrogen and oxygen atoms in total. The van der Waals surface area contributed by atoms with Crippen LogP contribution >= 0.6 is 0 Å². The Hall–Kier alpha value is -2.05. The van der Waals surface area contributed by atoms with Crippen LogP contribution in [-0.4, -0.2) is 16.9 Å². The van der Waals surface area contributed by atoms with E-state index in [2.05, 4.69) is 5.32 Å². The van der Waals surface area contributed by atoms with Gasteiger partial charge in [-0.3, -0.25) is 14.9 Å². The normalized spacial score (nSPS) is 10.6. The predicted octanol–water partition coefficient (Wildman–Crippen LogP) is 2.79. The number of hydrogen-bond acceptors (Lipinski definition) is 3. The standard InChI is InChI=1S/C12H14F2N2O3/c1-3-7(4-2)15-12(17)8-5-9(13)10(14)6-11(8)16(18)19/h5-7H,3-4H2,1-2H3,(H,15,17). The first-order chi connectivity index (χ1) is 8.90. The highest BCUT2D eigenvalue weighted by Crippen LogP contribution is 2.22. The number of carbonyl (C=O) groups is 1. The lowest BCUT2D eigenvalue weighted by Gasteiger charge is -2.14. The fraction of sp³-hybridized carbons (Fsp3) is 0.417. The van der Waals surface area contributed by atoms with Crippen molar-refractivity contribution in [3.05, 3.63) is 39.4 Å². The van der Waals surface area contributed by atoms with Gasteiger partial charge in [-0.25, -0.2) is 8.78 Å². The number of nitrogens with one attached hydrogen (secondary N) is 1. The number of nitro groups is 1. The van der Waals surface area contributed by atoms with Crippen molar-refractivity contribution in [3.8, 4) is 0 Å². The summed E-state index contributed by atoms with van der Waals surface area (Å²) in [6.07, 6.45) is 1.28. The van der Waals surface area contributed by atoms with Crippen LogP contribution in [-0.2, 0) is 0 Å². The van der Waals surface area contributed by atoms with Gasteiger partial charge in [-0.05, 0) is 18.9 Å². The molecule has 1 N–H and O–H groups in total. The van der Waals surface area contributed by atoms with Crippen molar-refractivity contribution in [1.82, 2.24) is 5.32 Å². The molecule has 7 heteroatoms. The highest BCUT2D eigenvalue weighted by Gasteiger charge is 2.24. The first-order valence-electron chi connectivity index (χ1n) is 5.84. The molecule has 0 unspecified atom stereocenters. The SMILES string of the molecule is CCC(CC)NC(=O)c1cc(F)c(F)cc1[N+](=O)[O-]. The molecule has 0 atom stereocenters.